The fourth-order valence-corrected chi connectivity index (χ4v) is 6.05. The first-order chi connectivity index (χ1) is 18.1. The van der Waals surface area contributed by atoms with E-state index in [9.17, 15) is 14.4 Å². The van der Waals surface area contributed by atoms with Gasteiger partial charge in [-0.15, -0.1) is 11.3 Å². The van der Waals surface area contributed by atoms with E-state index >= 15 is 0 Å². The molecule has 0 fully saturated rings. The Bertz CT molecular complexity index is 1290. The van der Waals surface area contributed by atoms with Crippen LogP contribution in [0, 0.1) is 11.3 Å². The Kier molecular flexibility index (Phi) is 8.35. The molecular weight excluding hydrogens is 502 g/mol. The molecule has 202 valence electrons. The predicted octanol–water partition coefficient (Wildman–Crippen LogP) is 6.04. The van der Waals surface area contributed by atoms with Crippen LogP contribution in [0.2, 0.25) is 0 Å². The molecule has 0 aliphatic heterocycles. The molecule has 0 radical (unpaired) electrons. The van der Waals surface area contributed by atoms with Crippen LogP contribution < -0.4 is 5.32 Å². The number of hydrogen-bond acceptors (Lipinski definition) is 7. The van der Waals surface area contributed by atoms with Gasteiger partial charge in [0.15, 0.2) is 6.10 Å². The Balaban J connectivity index is 1.50. The smallest absolute Gasteiger partial charge is 0.341 e. The van der Waals surface area contributed by atoms with Crippen LogP contribution in [0.1, 0.15) is 78.6 Å². The fourth-order valence-electron chi connectivity index (χ4n) is 4.73. The summed E-state index contributed by atoms with van der Waals surface area (Å²) < 4.78 is 10.9. The summed E-state index contributed by atoms with van der Waals surface area (Å²) in [6.07, 6.45) is 5.24. The number of aromatic amines is 1. The highest BCUT2D eigenvalue weighted by atomic mass is 32.1. The minimum atomic E-state index is -1.01. The molecule has 4 rings (SSSR count). The molecule has 3 aromatic rings. The number of H-pyrrole nitrogens is 1. The van der Waals surface area contributed by atoms with Crippen LogP contribution in [0.5, 0.6) is 0 Å². The second-order valence-corrected chi connectivity index (χ2v) is 11.6. The number of carbonyl (C=O) groups excluding carboxylic acids is 3. The number of amides is 1. The van der Waals surface area contributed by atoms with E-state index in [0.29, 0.717) is 27.9 Å². The summed E-state index contributed by atoms with van der Waals surface area (Å²) in [5.74, 6) is -0.320. The van der Waals surface area contributed by atoms with E-state index in [2.05, 4.69) is 36.1 Å². The van der Waals surface area contributed by atoms with Crippen molar-refractivity contribution in [3.8, 4) is 11.4 Å². The topological polar surface area (TPSA) is 110 Å². The maximum absolute atomic E-state index is 13.2. The number of esters is 2. The first kappa shape index (κ1) is 27.6. The zero-order chi connectivity index (χ0) is 27.4. The lowest BCUT2D eigenvalue weighted by atomic mass is 9.72. The van der Waals surface area contributed by atoms with Gasteiger partial charge in [-0.3, -0.25) is 4.79 Å². The van der Waals surface area contributed by atoms with Gasteiger partial charge in [0, 0.05) is 22.8 Å². The maximum Gasteiger partial charge on any atom is 0.341 e. The normalized spacial score (nSPS) is 15.9. The van der Waals surface area contributed by atoms with Crippen LogP contribution in [0.25, 0.3) is 11.4 Å². The van der Waals surface area contributed by atoms with Gasteiger partial charge in [0.1, 0.15) is 10.8 Å². The Labute approximate surface area is 227 Å². The van der Waals surface area contributed by atoms with Crippen molar-refractivity contribution in [2.45, 2.75) is 66.4 Å². The minimum absolute atomic E-state index is 0.146. The molecule has 2 N–H and O–H groups in total. The van der Waals surface area contributed by atoms with Crippen molar-refractivity contribution in [2.24, 2.45) is 11.3 Å². The van der Waals surface area contributed by atoms with Crippen molar-refractivity contribution in [2.75, 3.05) is 11.9 Å². The molecule has 0 bridgehead atoms. The van der Waals surface area contributed by atoms with E-state index in [4.69, 9.17) is 9.47 Å². The van der Waals surface area contributed by atoms with E-state index < -0.39 is 23.9 Å². The SMILES string of the molecule is CCOC(=O)c1c(NC(=O)C(CC)OC(=O)c2ccc(-c3ncc[nH]3)cc2)sc2c1CCC(C(C)(C)C)C2. The van der Waals surface area contributed by atoms with Crippen LogP contribution in [0.3, 0.4) is 0 Å². The number of fused-ring (bicyclic) bond motifs is 1. The van der Waals surface area contributed by atoms with Crippen molar-refractivity contribution in [1.82, 2.24) is 9.97 Å². The Morgan fingerprint density at radius 1 is 1.16 bits per heavy atom. The predicted molar refractivity (Wildman–Crippen MR) is 147 cm³/mol. The Morgan fingerprint density at radius 2 is 1.89 bits per heavy atom. The summed E-state index contributed by atoms with van der Waals surface area (Å²) >= 11 is 1.43. The molecule has 2 heterocycles. The summed E-state index contributed by atoms with van der Waals surface area (Å²) in [5, 5.41) is 3.35. The zero-order valence-electron chi connectivity index (χ0n) is 22.6. The van der Waals surface area contributed by atoms with Crippen LogP contribution in [0.4, 0.5) is 5.00 Å². The summed E-state index contributed by atoms with van der Waals surface area (Å²) in [6.45, 7) is 10.5. The van der Waals surface area contributed by atoms with E-state index in [1.54, 1.807) is 50.5 Å². The molecule has 2 aromatic heterocycles. The summed E-state index contributed by atoms with van der Waals surface area (Å²) in [7, 11) is 0. The molecule has 0 saturated carbocycles. The molecule has 1 aliphatic rings. The average molecular weight is 538 g/mol. The van der Waals surface area contributed by atoms with Gasteiger partial charge in [-0.05, 0) is 61.6 Å². The number of aromatic nitrogens is 2. The molecule has 38 heavy (non-hydrogen) atoms. The van der Waals surface area contributed by atoms with Gasteiger partial charge >= 0.3 is 11.9 Å². The molecule has 0 spiro atoms. The molecular formula is C29H35N3O5S. The van der Waals surface area contributed by atoms with Crippen LogP contribution in [-0.4, -0.2) is 40.5 Å². The number of nitrogens with one attached hydrogen (secondary N) is 2. The van der Waals surface area contributed by atoms with Gasteiger partial charge in [-0.2, -0.15) is 0 Å². The van der Waals surface area contributed by atoms with Gasteiger partial charge in [-0.1, -0.05) is 39.8 Å². The number of anilines is 1. The Morgan fingerprint density at radius 3 is 2.50 bits per heavy atom. The van der Waals surface area contributed by atoms with E-state index in [1.165, 1.54) is 11.3 Å². The highest BCUT2D eigenvalue weighted by molar-refractivity contribution is 7.17. The zero-order valence-corrected chi connectivity index (χ0v) is 23.4. The second-order valence-electron chi connectivity index (χ2n) is 10.5. The lowest BCUT2D eigenvalue weighted by Gasteiger charge is -2.33. The lowest BCUT2D eigenvalue weighted by Crippen LogP contribution is -2.32. The Hall–Kier alpha value is -3.46. The van der Waals surface area contributed by atoms with E-state index in [-0.39, 0.29) is 18.4 Å². The number of benzene rings is 1. The third-order valence-electron chi connectivity index (χ3n) is 7.01. The van der Waals surface area contributed by atoms with Gasteiger partial charge in [0.05, 0.1) is 17.7 Å². The van der Waals surface area contributed by atoms with E-state index in [1.807, 2.05) is 0 Å². The van der Waals surface area contributed by atoms with Crippen molar-refractivity contribution < 1.29 is 23.9 Å². The molecule has 2 atom stereocenters. The van der Waals surface area contributed by atoms with E-state index in [0.717, 1.165) is 35.3 Å². The number of nitrogens with zero attached hydrogens (tertiary/aromatic N) is 1. The summed E-state index contributed by atoms with van der Waals surface area (Å²) in [6, 6.07) is 6.82. The molecule has 0 saturated heterocycles. The highest BCUT2D eigenvalue weighted by Gasteiger charge is 2.35. The van der Waals surface area contributed by atoms with Crippen molar-refractivity contribution in [1.29, 1.82) is 0 Å². The molecule has 8 nitrogen and oxygen atoms in total. The van der Waals surface area contributed by atoms with Gasteiger partial charge in [0.25, 0.3) is 5.91 Å². The molecule has 1 aromatic carbocycles. The van der Waals surface area contributed by atoms with Crippen LogP contribution in [-0.2, 0) is 27.1 Å². The second kappa shape index (κ2) is 11.5. The standard InChI is InChI=1S/C29H35N3O5S/c1-6-21(37-27(34)18-10-8-17(9-11-18)24-30-14-15-31-24)25(33)32-26-23(28(35)36-7-2)20-13-12-19(29(3,4)5)16-22(20)38-26/h8-11,14-15,19,21H,6-7,12-13,16H2,1-5H3,(H,30,31)(H,32,33). The average Bonchev–Trinajstić information content (AvgIpc) is 3.54. The maximum atomic E-state index is 13.2. The lowest BCUT2D eigenvalue weighted by molar-refractivity contribution is -0.124. The first-order valence-corrected chi connectivity index (χ1v) is 13.9. The van der Waals surface area contributed by atoms with Gasteiger partial charge < -0.3 is 19.8 Å². The number of carbonyl (C=O) groups is 3. The summed E-state index contributed by atoms with van der Waals surface area (Å²) in [5.41, 5.74) is 2.71. The number of hydrogen-bond donors (Lipinski definition) is 2. The van der Waals surface area contributed by atoms with Crippen molar-refractivity contribution >= 4 is 34.2 Å². The van der Waals surface area contributed by atoms with Crippen molar-refractivity contribution in [3.63, 3.8) is 0 Å². The number of rotatable bonds is 8. The molecule has 1 aliphatic carbocycles. The van der Waals surface area contributed by atoms with Gasteiger partial charge in [0.2, 0.25) is 0 Å². The third-order valence-corrected chi connectivity index (χ3v) is 8.18. The minimum Gasteiger partial charge on any atom is -0.462 e. The number of thiophene rings is 1. The molecule has 9 heteroatoms. The van der Waals surface area contributed by atoms with Crippen LogP contribution in [0.15, 0.2) is 36.7 Å². The largest absolute Gasteiger partial charge is 0.462 e. The summed E-state index contributed by atoms with van der Waals surface area (Å²) in [4.78, 5) is 47.3. The first-order valence-electron chi connectivity index (χ1n) is 13.1. The molecule has 2 unspecified atom stereocenters. The fraction of sp³-hybridized carbons (Fsp3) is 0.448. The van der Waals surface area contributed by atoms with Crippen LogP contribution >= 0.6 is 11.3 Å². The van der Waals surface area contributed by atoms with Gasteiger partial charge in [-0.25, -0.2) is 14.6 Å². The highest BCUT2D eigenvalue weighted by Crippen LogP contribution is 2.44. The number of imidazole rings is 1. The van der Waals surface area contributed by atoms with Crippen molar-refractivity contribution in [3.05, 3.63) is 58.2 Å². The quantitative estimate of drug-likeness (QED) is 0.339. The monoisotopic (exact) mass is 537 g/mol. The third kappa shape index (κ3) is 5.99. The molecule has 1 amide bonds. The number of ether oxygens (including phenoxy) is 2.